The summed E-state index contributed by atoms with van der Waals surface area (Å²) in [6.45, 7) is 6.35. The lowest BCUT2D eigenvalue weighted by Gasteiger charge is -2.59. The molecule has 0 spiro atoms. The van der Waals surface area contributed by atoms with Crippen LogP contribution in [0.25, 0.3) is 11.1 Å². The molecule has 1 N–H and O–H groups in total. The highest BCUT2D eigenvalue weighted by Gasteiger charge is 2.53. The van der Waals surface area contributed by atoms with Crippen LogP contribution in [0.5, 0.6) is 0 Å². The van der Waals surface area contributed by atoms with Crippen LogP contribution in [0.2, 0.25) is 0 Å². The van der Waals surface area contributed by atoms with Crippen molar-refractivity contribution in [3.63, 3.8) is 0 Å². The van der Waals surface area contributed by atoms with E-state index in [2.05, 4.69) is 31.1 Å². The van der Waals surface area contributed by atoms with Gasteiger partial charge in [0.25, 0.3) is 5.91 Å². The van der Waals surface area contributed by atoms with Crippen LogP contribution >= 0.6 is 0 Å². The lowest BCUT2D eigenvalue weighted by molar-refractivity contribution is -0.0688. The predicted octanol–water partition coefficient (Wildman–Crippen LogP) is 5.29. The number of benzene rings is 1. The molecule has 1 aromatic carbocycles. The monoisotopic (exact) mass is 366 g/mol. The molecule has 0 saturated heterocycles. The first-order chi connectivity index (χ1) is 12.9. The maximum Gasteiger partial charge on any atom is 0.251 e. The van der Waals surface area contributed by atoms with Gasteiger partial charge < -0.3 is 9.73 Å². The standard InChI is InChI=1S/C23H30N2O2/c1-13(2)22-25-19-5-4-18(9-20(19)27-22)21(26)24-14(3)23-10-15-6-16(11-23)8-17(7-15)12-23/h4-5,9,13-17H,6-8,10-12H2,1-3H3,(H,24,26). The molecule has 144 valence electrons. The Labute approximate surface area is 161 Å². The first kappa shape index (κ1) is 17.3. The maximum absolute atomic E-state index is 13.0. The first-order valence-corrected chi connectivity index (χ1v) is 10.6. The predicted molar refractivity (Wildman–Crippen MR) is 106 cm³/mol. The molecular formula is C23H30N2O2. The second-order valence-corrected chi connectivity index (χ2v) is 9.86. The molecule has 1 heterocycles. The Morgan fingerprint density at radius 3 is 2.33 bits per heavy atom. The van der Waals surface area contributed by atoms with Crippen molar-refractivity contribution in [2.75, 3.05) is 0 Å². The second kappa shape index (κ2) is 6.08. The van der Waals surface area contributed by atoms with E-state index in [9.17, 15) is 4.79 Å². The minimum absolute atomic E-state index is 0.0163. The SMILES string of the molecule is CC(C)c1nc2ccc(C(=O)NC(C)C34CC5CC(CC(C5)C3)C4)cc2o1. The molecule has 6 rings (SSSR count). The molecule has 4 nitrogen and oxygen atoms in total. The fourth-order valence-corrected chi connectivity index (χ4v) is 6.47. The molecule has 1 atom stereocenters. The average molecular weight is 367 g/mol. The van der Waals surface area contributed by atoms with E-state index in [-0.39, 0.29) is 17.9 Å². The highest BCUT2D eigenvalue weighted by molar-refractivity contribution is 5.97. The van der Waals surface area contributed by atoms with Gasteiger partial charge in [-0.1, -0.05) is 13.8 Å². The van der Waals surface area contributed by atoms with Gasteiger partial charge in [0.05, 0.1) is 0 Å². The van der Waals surface area contributed by atoms with E-state index in [1.54, 1.807) is 0 Å². The molecule has 1 unspecified atom stereocenters. The van der Waals surface area contributed by atoms with Crippen molar-refractivity contribution in [2.24, 2.45) is 23.2 Å². The average Bonchev–Trinajstić information content (AvgIpc) is 3.04. The van der Waals surface area contributed by atoms with Crippen molar-refractivity contribution in [3.8, 4) is 0 Å². The van der Waals surface area contributed by atoms with Crippen LogP contribution in [-0.4, -0.2) is 16.9 Å². The smallest absolute Gasteiger partial charge is 0.251 e. The van der Waals surface area contributed by atoms with Gasteiger partial charge in [-0.2, -0.15) is 0 Å². The number of amides is 1. The summed E-state index contributed by atoms with van der Waals surface area (Å²) in [4.78, 5) is 17.5. The first-order valence-electron chi connectivity index (χ1n) is 10.6. The second-order valence-electron chi connectivity index (χ2n) is 9.86. The number of carbonyl (C=O) groups is 1. The van der Waals surface area contributed by atoms with Gasteiger partial charge in [-0.3, -0.25) is 4.79 Å². The lowest BCUT2D eigenvalue weighted by atomic mass is 9.48. The van der Waals surface area contributed by atoms with Crippen LogP contribution in [0.15, 0.2) is 22.6 Å². The van der Waals surface area contributed by atoms with E-state index >= 15 is 0 Å². The van der Waals surface area contributed by atoms with Gasteiger partial charge in [0, 0.05) is 17.5 Å². The Kier molecular flexibility index (Phi) is 3.89. The summed E-state index contributed by atoms with van der Waals surface area (Å²) < 4.78 is 5.83. The number of fused-ring (bicyclic) bond motifs is 1. The van der Waals surface area contributed by atoms with Crippen LogP contribution in [0.1, 0.15) is 81.5 Å². The molecule has 27 heavy (non-hydrogen) atoms. The molecule has 1 aromatic heterocycles. The van der Waals surface area contributed by atoms with Crippen LogP contribution in [0.4, 0.5) is 0 Å². The molecule has 1 amide bonds. The molecule has 2 aromatic rings. The fraction of sp³-hybridized carbons (Fsp3) is 0.652. The number of oxazole rings is 1. The number of aromatic nitrogens is 1. The largest absolute Gasteiger partial charge is 0.440 e. The van der Waals surface area contributed by atoms with Gasteiger partial charge in [0.2, 0.25) is 0 Å². The number of hydrogen-bond acceptors (Lipinski definition) is 3. The van der Waals surface area contributed by atoms with Crippen LogP contribution < -0.4 is 5.32 Å². The molecular weight excluding hydrogens is 336 g/mol. The number of hydrogen-bond donors (Lipinski definition) is 1. The summed E-state index contributed by atoms with van der Waals surface area (Å²) in [6, 6.07) is 5.84. The third-order valence-electron chi connectivity index (χ3n) is 7.51. The Hall–Kier alpha value is -1.84. The maximum atomic E-state index is 13.0. The summed E-state index contributed by atoms with van der Waals surface area (Å²) in [7, 11) is 0. The number of nitrogens with one attached hydrogen (secondary N) is 1. The number of carbonyl (C=O) groups excluding carboxylic acids is 1. The molecule has 4 saturated carbocycles. The number of nitrogens with zero attached hydrogens (tertiary/aromatic N) is 1. The van der Waals surface area contributed by atoms with E-state index in [0.29, 0.717) is 16.6 Å². The van der Waals surface area contributed by atoms with Gasteiger partial charge in [0.1, 0.15) is 5.52 Å². The fourth-order valence-electron chi connectivity index (χ4n) is 6.47. The number of rotatable bonds is 4. The van der Waals surface area contributed by atoms with Crippen molar-refractivity contribution in [2.45, 2.75) is 71.3 Å². The summed E-state index contributed by atoms with van der Waals surface area (Å²) in [5.74, 6) is 3.68. The van der Waals surface area contributed by atoms with Crippen molar-refractivity contribution in [1.29, 1.82) is 0 Å². The van der Waals surface area contributed by atoms with Gasteiger partial charge >= 0.3 is 0 Å². The van der Waals surface area contributed by atoms with Crippen molar-refractivity contribution >= 4 is 17.0 Å². The van der Waals surface area contributed by atoms with E-state index in [4.69, 9.17) is 4.42 Å². The highest BCUT2D eigenvalue weighted by atomic mass is 16.3. The Balaban J connectivity index is 1.35. The zero-order valence-corrected chi connectivity index (χ0v) is 16.6. The van der Waals surface area contributed by atoms with Crippen LogP contribution in [0, 0.1) is 23.2 Å². The molecule has 4 bridgehead atoms. The quantitative estimate of drug-likeness (QED) is 0.800. The topological polar surface area (TPSA) is 55.1 Å². The molecule has 0 aliphatic heterocycles. The minimum atomic E-state index is 0.0163. The Morgan fingerprint density at radius 2 is 1.74 bits per heavy atom. The highest BCUT2D eigenvalue weighted by Crippen LogP contribution is 2.61. The van der Waals surface area contributed by atoms with Gasteiger partial charge in [0.15, 0.2) is 11.5 Å². The zero-order valence-electron chi connectivity index (χ0n) is 16.6. The van der Waals surface area contributed by atoms with E-state index in [1.165, 1.54) is 38.5 Å². The van der Waals surface area contributed by atoms with Crippen LogP contribution in [0.3, 0.4) is 0 Å². The third-order valence-corrected chi connectivity index (χ3v) is 7.51. The van der Waals surface area contributed by atoms with Crippen molar-refractivity contribution in [1.82, 2.24) is 10.3 Å². The summed E-state index contributed by atoms with van der Waals surface area (Å²) in [6.07, 6.45) is 8.21. The van der Waals surface area contributed by atoms with Crippen LogP contribution in [-0.2, 0) is 0 Å². The normalized spacial score (nSPS) is 33.0. The molecule has 4 fully saturated rings. The van der Waals surface area contributed by atoms with Gasteiger partial charge in [-0.25, -0.2) is 4.98 Å². The summed E-state index contributed by atoms with van der Waals surface area (Å²) in [5.41, 5.74) is 2.52. The summed E-state index contributed by atoms with van der Waals surface area (Å²) >= 11 is 0. The third kappa shape index (κ3) is 2.88. The zero-order chi connectivity index (χ0) is 18.8. The van der Waals surface area contributed by atoms with Gasteiger partial charge in [-0.05, 0) is 86.8 Å². The van der Waals surface area contributed by atoms with Gasteiger partial charge in [-0.15, -0.1) is 0 Å². The molecule has 4 heteroatoms. The van der Waals surface area contributed by atoms with E-state index in [1.807, 2.05) is 18.2 Å². The van der Waals surface area contributed by atoms with Crippen molar-refractivity contribution in [3.05, 3.63) is 29.7 Å². The molecule has 0 radical (unpaired) electrons. The van der Waals surface area contributed by atoms with E-state index in [0.717, 1.165) is 29.2 Å². The molecule has 4 aliphatic carbocycles. The Morgan fingerprint density at radius 1 is 1.11 bits per heavy atom. The molecule has 4 aliphatic rings. The van der Waals surface area contributed by atoms with E-state index < -0.39 is 0 Å². The Bertz CT molecular complexity index is 846. The minimum Gasteiger partial charge on any atom is -0.440 e. The lowest BCUT2D eigenvalue weighted by Crippen LogP contribution is -2.55. The van der Waals surface area contributed by atoms with Crippen molar-refractivity contribution < 1.29 is 9.21 Å². The summed E-state index contributed by atoms with van der Waals surface area (Å²) in [5, 5.41) is 3.35.